The number of rotatable bonds is 7. The average Bonchev–Trinajstić information content (AvgIpc) is 2.54. The highest BCUT2D eigenvalue weighted by Gasteiger charge is 2.24. The first-order chi connectivity index (χ1) is 11.2. The van der Waals surface area contributed by atoms with Gasteiger partial charge in [-0.15, -0.1) is 0 Å². The molecule has 0 bridgehead atoms. The summed E-state index contributed by atoms with van der Waals surface area (Å²) in [5.41, 5.74) is 0.560. The van der Waals surface area contributed by atoms with Crippen molar-refractivity contribution in [3.05, 3.63) is 59.7 Å². The van der Waals surface area contributed by atoms with Crippen molar-refractivity contribution in [1.29, 1.82) is 0 Å². The van der Waals surface area contributed by atoms with Crippen LogP contribution in [0.4, 0.5) is 0 Å². The molecule has 1 unspecified atom stereocenters. The van der Waals surface area contributed by atoms with Gasteiger partial charge in [-0.05, 0) is 49.2 Å². The number of sulfonamides is 1. The van der Waals surface area contributed by atoms with Gasteiger partial charge in [0.05, 0.1) is 17.6 Å². The van der Waals surface area contributed by atoms with E-state index in [0.29, 0.717) is 6.42 Å². The van der Waals surface area contributed by atoms with Gasteiger partial charge in [-0.1, -0.05) is 24.3 Å². The molecule has 2 N–H and O–H groups in total. The van der Waals surface area contributed by atoms with Crippen LogP contribution in [-0.2, 0) is 16.4 Å². The Morgan fingerprint density at radius 1 is 1.17 bits per heavy atom. The maximum Gasteiger partial charge on any atom is 0.240 e. The number of aliphatic hydroxyl groups is 1. The second kappa shape index (κ2) is 7.34. The molecule has 2 aromatic rings. The van der Waals surface area contributed by atoms with E-state index in [0.717, 1.165) is 16.9 Å². The average molecular weight is 349 g/mol. The van der Waals surface area contributed by atoms with Crippen molar-refractivity contribution in [3.8, 4) is 5.75 Å². The third-order valence-corrected chi connectivity index (χ3v) is 5.09. The van der Waals surface area contributed by atoms with Crippen molar-refractivity contribution < 1.29 is 18.3 Å². The lowest BCUT2D eigenvalue weighted by Gasteiger charge is -2.24. The van der Waals surface area contributed by atoms with Gasteiger partial charge in [-0.25, -0.2) is 13.1 Å². The van der Waals surface area contributed by atoms with Gasteiger partial charge in [0, 0.05) is 13.0 Å². The van der Waals surface area contributed by atoms with E-state index < -0.39 is 15.6 Å². The van der Waals surface area contributed by atoms with Crippen LogP contribution in [0.3, 0.4) is 0 Å². The molecule has 0 amide bonds. The Balaban J connectivity index is 2.03. The predicted molar refractivity (Wildman–Crippen MR) is 93.7 cm³/mol. The largest absolute Gasteiger partial charge is 0.497 e. The summed E-state index contributed by atoms with van der Waals surface area (Å²) in [5, 5.41) is 10.5. The first kappa shape index (κ1) is 18.4. The van der Waals surface area contributed by atoms with E-state index in [4.69, 9.17) is 4.74 Å². The number of methoxy groups -OCH3 is 1. The first-order valence-electron chi connectivity index (χ1n) is 7.63. The molecule has 0 heterocycles. The second-order valence-electron chi connectivity index (χ2n) is 6.16. The zero-order chi connectivity index (χ0) is 17.8. The Morgan fingerprint density at radius 2 is 1.83 bits per heavy atom. The third-order valence-electron chi connectivity index (χ3n) is 3.69. The maximum absolute atomic E-state index is 12.3. The molecule has 1 atom stereocenters. The lowest BCUT2D eigenvalue weighted by molar-refractivity contribution is 0.0657. The molecular weight excluding hydrogens is 326 g/mol. The summed E-state index contributed by atoms with van der Waals surface area (Å²) in [6, 6.07) is 14.0. The fraction of sp³-hybridized carbons (Fsp3) is 0.333. The van der Waals surface area contributed by atoms with E-state index in [1.54, 1.807) is 26.2 Å². The Bertz CT molecular complexity index is 783. The molecule has 0 radical (unpaired) electrons. The van der Waals surface area contributed by atoms with Gasteiger partial charge in [0.15, 0.2) is 0 Å². The summed E-state index contributed by atoms with van der Waals surface area (Å²) in [6.45, 7) is 3.37. The smallest absolute Gasteiger partial charge is 0.240 e. The second-order valence-corrected chi connectivity index (χ2v) is 7.93. The Hall–Kier alpha value is -1.89. The van der Waals surface area contributed by atoms with Gasteiger partial charge in [-0.3, -0.25) is 0 Å². The minimum Gasteiger partial charge on any atom is -0.497 e. The van der Waals surface area contributed by atoms with Crippen LogP contribution in [0.5, 0.6) is 5.75 Å². The Morgan fingerprint density at radius 3 is 2.42 bits per heavy atom. The molecule has 130 valence electrons. The van der Waals surface area contributed by atoms with E-state index in [-0.39, 0.29) is 11.4 Å². The molecular formula is C18H23NO4S. The summed E-state index contributed by atoms with van der Waals surface area (Å²) in [7, 11) is -2.06. The molecule has 0 saturated heterocycles. The van der Waals surface area contributed by atoms with Crippen LogP contribution in [0.1, 0.15) is 18.1 Å². The van der Waals surface area contributed by atoms with Crippen LogP contribution in [-0.4, -0.2) is 32.8 Å². The molecule has 6 heteroatoms. The highest BCUT2D eigenvalue weighted by molar-refractivity contribution is 7.89. The summed E-state index contributed by atoms with van der Waals surface area (Å²) in [6.07, 6.45) is 0.327. The molecule has 0 aromatic heterocycles. The zero-order valence-corrected chi connectivity index (χ0v) is 14.9. The van der Waals surface area contributed by atoms with E-state index in [1.807, 2.05) is 37.3 Å². The summed E-state index contributed by atoms with van der Waals surface area (Å²) >= 11 is 0. The molecule has 0 aliphatic rings. The predicted octanol–water partition coefficient (Wildman–Crippen LogP) is 2.28. The van der Waals surface area contributed by atoms with Gasteiger partial charge in [0.25, 0.3) is 0 Å². The van der Waals surface area contributed by atoms with E-state index in [1.165, 1.54) is 6.07 Å². The molecule has 0 fully saturated rings. The molecule has 2 rings (SSSR count). The van der Waals surface area contributed by atoms with Crippen LogP contribution in [0.25, 0.3) is 0 Å². The molecule has 0 saturated carbocycles. The lowest BCUT2D eigenvalue weighted by Crippen LogP contribution is -2.42. The first-order valence-corrected chi connectivity index (χ1v) is 9.12. The summed E-state index contributed by atoms with van der Waals surface area (Å²) in [4.78, 5) is 0.197. The Kier molecular flexibility index (Phi) is 5.64. The summed E-state index contributed by atoms with van der Waals surface area (Å²) < 4.78 is 32.2. The normalized spacial score (nSPS) is 14.2. The molecule has 2 aromatic carbocycles. The quantitative estimate of drug-likeness (QED) is 0.804. The molecule has 0 spiro atoms. The highest BCUT2D eigenvalue weighted by Crippen LogP contribution is 2.18. The van der Waals surface area contributed by atoms with E-state index >= 15 is 0 Å². The van der Waals surface area contributed by atoms with Crippen molar-refractivity contribution in [1.82, 2.24) is 4.72 Å². The molecule has 0 aliphatic carbocycles. The fourth-order valence-corrected chi connectivity index (χ4v) is 3.63. The number of nitrogens with one attached hydrogen (secondary N) is 1. The van der Waals surface area contributed by atoms with Gasteiger partial charge in [0.1, 0.15) is 5.75 Å². The summed E-state index contributed by atoms with van der Waals surface area (Å²) in [5.74, 6) is 0.735. The van der Waals surface area contributed by atoms with Crippen LogP contribution < -0.4 is 9.46 Å². The third kappa shape index (κ3) is 5.06. The number of ether oxygens (including phenoxy) is 1. The SMILES string of the molecule is COc1ccc(CC(C)(O)CNS(=O)(=O)c2cccc(C)c2)cc1. The molecule has 0 aliphatic heterocycles. The van der Waals surface area contributed by atoms with Crippen LogP contribution in [0, 0.1) is 6.92 Å². The van der Waals surface area contributed by atoms with Crippen molar-refractivity contribution in [2.24, 2.45) is 0 Å². The number of hydrogen-bond donors (Lipinski definition) is 2. The number of hydrogen-bond acceptors (Lipinski definition) is 4. The van der Waals surface area contributed by atoms with Crippen LogP contribution in [0.2, 0.25) is 0 Å². The molecule has 5 nitrogen and oxygen atoms in total. The monoisotopic (exact) mass is 349 g/mol. The van der Waals surface area contributed by atoms with Gasteiger partial charge in [-0.2, -0.15) is 0 Å². The number of aryl methyl sites for hydroxylation is 1. The maximum atomic E-state index is 12.3. The van der Waals surface area contributed by atoms with Gasteiger partial charge < -0.3 is 9.84 Å². The van der Waals surface area contributed by atoms with Crippen LogP contribution >= 0.6 is 0 Å². The lowest BCUT2D eigenvalue weighted by atomic mass is 9.97. The van der Waals surface area contributed by atoms with Crippen molar-refractivity contribution in [2.45, 2.75) is 30.8 Å². The van der Waals surface area contributed by atoms with E-state index in [2.05, 4.69) is 4.72 Å². The van der Waals surface area contributed by atoms with Gasteiger partial charge in [0.2, 0.25) is 10.0 Å². The standard InChI is InChI=1S/C18H23NO4S/c1-14-5-4-6-17(11-14)24(21,22)19-13-18(2,20)12-15-7-9-16(23-3)10-8-15/h4-11,19-20H,12-13H2,1-3H3. The van der Waals surface area contributed by atoms with Crippen molar-refractivity contribution >= 4 is 10.0 Å². The number of benzene rings is 2. The minimum absolute atomic E-state index is 0.0741. The van der Waals surface area contributed by atoms with Gasteiger partial charge >= 0.3 is 0 Å². The van der Waals surface area contributed by atoms with Crippen molar-refractivity contribution in [2.75, 3.05) is 13.7 Å². The highest BCUT2D eigenvalue weighted by atomic mass is 32.2. The minimum atomic E-state index is -3.65. The van der Waals surface area contributed by atoms with E-state index in [9.17, 15) is 13.5 Å². The van der Waals surface area contributed by atoms with Crippen LogP contribution in [0.15, 0.2) is 53.4 Å². The Labute approximate surface area is 143 Å². The zero-order valence-electron chi connectivity index (χ0n) is 14.1. The fourth-order valence-electron chi connectivity index (χ4n) is 2.36. The molecule has 24 heavy (non-hydrogen) atoms. The van der Waals surface area contributed by atoms with Crippen molar-refractivity contribution in [3.63, 3.8) is 0 Å². The topological polar surface area (TPSA) is 75.6 Å².